The van der Waals surface area contributed by atoms with E-state index in [9.17, 15) is 4.79 Å². The first kappa shape index (κ1) is 16.9. The fourth-order valence-electron chi connectivity index (χ4n) is 3.50. The minimum Gasteiger partial charge on any atom is -0.345 e. The van der Waals surface area contributed by atoms with E-state index in [0.29, 0.717) is 17.5 Å². The van der Waals surface area contributed by atoms with Gasteiger partial charge in [-0.15, -0.1) is 0 Å². The zero-order valence-corrected chi connectivity index (χ0v) is 15.4. The minimum absolute atomic E-state index is 0.0656. The Morgan fingerprint density at radius 3 is 2.67 bits per heavy atom. The number of aromatic nitrogens is 1. The normalized spacial score (nSPS) is 17.1. The summed E-state index contributed by atoms with van der Waals surface area (Å²) in [5, 5.41) is 3.66. The Balaban J connectivity index is 1.88. The molecule has 2 heterocycles. The molecule has 128 valence electrons. The van der Waals surface area contributed by atoms with Crippen molar-refractivity contribution >= 4 is 23.3 Å². The molecule has 0 saturated carbocycles. The molecule has 0 saturated heterocycles. The molecular formula is C19H24ClN3O. The zero-order valence-electron chi connectivity index (χ0n) is 14.6. The molecule has 24 heavy (non-hydrogen) atoms. The monoisotopic (exact) mass is 345 g/mol. The summed E-state index contributed by atoms with van der Waals surface area (Å²) in [6.45, 7) is 9.94. The Labute approximate surface area is 148 Å². The van der Waals surface area contributed by atoms with Crippen molar-refractivity contribution in [3.63, 3.8) is 0 Å². The van der Waals surface area contributed by atoms with Crippen LogP contribution in [0, 0.1) is 19.8 Å². The average molecular weight is 346 g/mol. The number of benzene rings is 1. The first-order valence-corrected chi connectivity index (χ1v) is 8.76. The van der Waals surface area contributed by atoms with Gasteiger partial charge in [0, 0.05) is 35.2 Å². The minimum atomic E-state index is -0.0656. The summed E-state index contributed by atoms with van der Waals surface area (Å²) in [6, 6.07) is 9.84. The molecule has 2 amide bonds. The van der Waals surface area contributed by atoms with Crippen LogP contribution in [0.3, 0.4) is 0 Å². The number of hydrogen-bond acceptors (Lipinski definition) is 1. The summed E-state index contributed by atoms with van der Waals surface area (Å²) in [4.78, 5) is 14.9. The van der Waals surface area contributed by atoms with Gasteiger partial charge in [-0.2, -0.15) is 0 Å². The summed E-state index contributed by atoms with van der Waals surface area (Å²) >= 11 is 6.07. The molecule has 1 aliphatic heterocycles. The van der Waals surface area contributed by atoms with Crippen molar-refractivity contribution in [1.29, 1.82) is 0 Å². The van der Waals surface area contributed by atoms with Crippen molar-refractivity contribution in [2.75, 3.05) is 11.9 Å². The number of nitrogens with zero attached hydrogens (tertiary/aromatic N) is 2. The van der Waals surface area contributed by atoms with Crippen LogP contribution in [0.4, 0.5) is 10.5 Å². The first-order valence-electron chi connectivity index (χ1n) is 8.38. The molecule has 5 heteroatoms. The van der Waals surface area contributed by atoms with Gasteiger partial charge >= 0.3 is 6.03 Å². The number of nitrogens with one attached hydrogen (secondary N) is 1. The Hall–Kier alpha value is -1.94. The van der Waals surface area contributed by atoms with Crippen LogP contribution in [-0.4, -0.2) is 22.0 Å². The van der Waals surface area contributed by atoms with Crippen LogP contribution in [0.25, 0.3) is 0 Å². The summed E-state index contributed by atoms with van der Waals surface area (Å²) in [7, 11) is 0. The molecule has 2 aromatic rings. The highest BCUT2D eigenvalue weighted by Gasteiger charge is 2.33. The third-order valence-electron chi connectivity index (χ3n) is 4.77. The summed E-state index contributed by atoms with van der Waals surface area (Å²) in [5.74, 6) is 0.338. The molecule has 4 nitrogen and oxygen atoms in total. The fourth-order valence-corrected chi connectivity index (χ4v) is 3.68. The fraction of sp³-hybridized carbons (Fsp3) is 0.421. The van der Waals surface area contributed by atoms with E-state index in [1.165, 1.54) is 11.4 Å². The van der Waals surface area contributed by atoms with Crippen LogP contribution in [0.2, 0.25) is 5.02 Å². The lowest BCUT2D eigenvalue weighted by atomic mass is 9.97. The molecule has 0 spiro atoms. The van der Waals surface area contributed by atoms with Crippen molar-refractivity contribution in [2.45, 2.75) is 40.3 Å². The van der Waals surface area contributed by atoms with E-state index in [1.807, 2.05) is 24.0 Å². The van der Waals surface area contributed by atoms with E-state index in [4.69, 9.17) is 11.6 Å². The molecule has 1 aromatic heterocycles. The predicted octanol–water partition coefficient (Wildman–Crippen LogP) is 5.00. The maximum atomic E-state index is 12.9. The second-order valence-corrected chi connectivity index (χ2v) is 7.26. The van der Waals surface area contributed by atoms with Gasteiger partial charge < -0.3 is 14.8 Å². The zero-order chi connectivity index (χ0) is 17.4. The predicted molar refractivity (Wildman–Crippen MR) is 98.7 cm³/mol. The molecule has 1 aromatic carbocycles. The molecule has 3 rings (SSSR count). The lowest BCUT2D eigenvalue weighted by Crippen LogP contribution is -2.46. The number of anilines is 1. The van der Waals surface area contributed by atoms with Crippen LogP contribution >= 0.6 is 11.6 Å². The van der Waals surface area contributed by atoms with Gasteiger partial charge in [0.05, 0.1) is 6.04 Å². The van der Waals surface area contributed by atoms with Gasteiger partial charge in [0.2, 0.25) is 0 Å². The maximum absolute atomic E-state index is 12.9. The van der Waals surface area contributed by atoms with E-state index in [-0.39, 0.29) is 12.1 Å². The summed E-state index contributed by atoms with van der Waals surface area (Å²) in [5.41, 5.74) is 4.24. The first-order chi connectivity index (χ1) is 11.4. The highest BCUT2D eigenvalue weighted by atomic mass is 35.5. The summed E-state index contributed by atoms with van der Waals surface area (Å²) in [6.07, 6.45) is 0. The molecule has 1 atom stereocenters. The highest BCUT2D eigenvalue weighted by Crippen LogP contribution is 2.34. The van der Waals surface area contributed by atoms with Gasteiger partial charge in [-0.05, 0) is 49.6 Å². The van der Waals surface area contributed by atoms with E-state index in [2.05, 4.69) is 42.8 Å². The number of carbonyl (C=O) groups is 1. The quantitative estimate of drug-likeness (QED) is 0.816. The average Bonchev–Trinajstić information content (AvgIpc) is 2.91. The van der Waals surface area contributed by atoms with Crippen LogP contribution in [-0.2, 0) is 6.54 Å². The topological polar surface area (TPSA) is 37.3 Å². The molecule has 0 aliphatic carbocycles. The van der Waals surface area contributed by atoms with Gasteiger partial charge in [-0.1, -0.05) is 31.5 Å². The number of halogens is 1. The van der Waals surface area contributed by atoms with Gasteiger partial charge in [-0.3, -0.25) is 0 Å². The second-order valence-electron chi connectivity index (χ2n) is 6.82. The van der Waals surface area contributed by atoms with Crippen molar-refractivity contribution < 1.29 is 4.79 Å². The van der Waals surface area contributed by atoms with Gasteiger partial charge in [0.25, 0.3) is 0 Å². The molecule has 1 aliphatic rings. The Bertz CT molecular complexity index is 766. The van der Waals surface area contributed by atoms with E-state index >= 15 is 0 Å². The number of urea groups is 1. The smallest absolute Gasteiger partial charge is 0.322 e. The molecule has 0 radical (unpaired) electrons. The second kappa shape index (κ2) is 6.52. The third-order valence-corrected chi connectivity index (χ3v) is 5.00. The lowest BCUT2D eigenvalue weighted by Gasteiger charge is -2.39. The number of aryl methyl sites for hydroxylation is 2. The van der Waals surface area contributed by atoms with E-state index in [1.54, 1.807) is 6.07 Å². The van der Waals surface area contributed by atoms with Crippen LogP contribution in [0.15, 0.2) is 30.3 Å². The number of hydrogen-bond donors (Lipinski definition) is 1. The van der Waals surface area contributed by atoms with Crippen LogP contribution in [0.1, 0.15) is 36.8 Å². The van der Waals surface area contributed by atoms with Crippen LogP contribution < -0.4 is 5.32 Å². The van der Waals surface area contributed by atoms with E-state index < -0.39 is 0 Å². The van der Waals surface area contributed by atoms with Gasteiger partial charge in [0.1, 0.15) is 0 Å². The van der Waals surface area contributed by atoms with Crippen molar-refractivity contribution in [3.8, 4) is 0 Å². The number of rotatable bonds is 2. The van der Waals surface area contributed by atoms with Gasteiger partial charge in [0.15, 0.2) is 0 Å². The SMILES string of the molecule is Cc1ccc(Cl)cc1NC(=O)N1CCn2c(C)ccc2[C@@H]1C(C)C. The molecule has 0 bridgehead atoms. The molecule has 0 unspecified atom stereocenters. The molecular weight excluding hydrogens is 322 g/mol. The molecule has 0 fully saturated rings. The van der Waals surface area contributed by atoms with Crippen LogP contribution in [0.5, 0.6) is 0 Å². The standard InChI is InChI=1S/C19H24ClN3O/c1-12(2)18-17-8-6-14(4)22(17)9-10-23(18)19(24)21-16-11-15(20)7-5-13(16)3/h5-8,11-12,18H,9-10H2,1-4H3,(H,21,24)/t18-/m0/s1. The Morgan fingerprint density at radius 1 is 1.21 bits per heavy atom. The Kier molecular flexibility index (Phi) is 4.59. The maximum Gasteiger partial charge on any atom is 0.322 e. The van der Waals surface area contributed by atoms with E-state index in [0.717, 1.165) is 17.8 Å². The Morgan fingerprint density at radius 2 is 1.96 bits per heavy atom. The lowest BCUT2D eigenvalue weighted by molar-refractivity contribution is 0.143. The van der Waals surface area contributed by atoms with Crippen molar-refractivity contribution in [1.82, 2.24) is 9.47 Å². The molecule has 1 N–H and O–H groups in total. The van der Waals surface area contributed by atoms with Crippen molar-refractivity contribution in [2.24, 2.45) is 5.92 Å². The largest absolute Gasteiger partial charge is 0.345 e. The highest BCUT2D eigenvalue weighted by molar-refractivity contribution is 6.31. The number of fused-ring (bicyclic) bond motifs is 1. The summed E-state index contributed by atoms with van der Waals surface area (Å²) < 4.78 is 2.32. The third kappa shape index (κ3) is 3.03. The number of carbonyl (C=O) groups excluding carboxylic acids is 1. The number of amides is 2. The van der Waals surface area contributed by atoms with Crippen molar-refractivity contribution in [3.05, 3.63) is 52.3 Å². The van der Waals surface area contributed by atoms with Gasteiger partial charge in [-0.25, -0.2) is 4.79 Å².